The van der Waals surface area contributed by atoms with E-state index < -0.39 is 51.9 Å². The number of amides is 1. The van der Waals surface area contributed by atoms with Crippen LogP contribution in [0.5, 0.6) is 5.75 Å². The van der Waals surface area contributed by atoms with Crippen LogP contribution in [-0.2, 0) is 22.4 Å². The normalized spacial score (nSPS) is 26.3. The molecule has 3 aliphatic rings. The van der Waals surface area contributed by atoms with Gasteiger partial charge in [0.25, 0.3) is 5.91 Å². The van der Waals surface area contributed by atoms with Crippen molar-refractivity contribution in [2.24, 2.45) is 22.7 Å². The Labute approximate surface area is 195 Å². The zero-order valence-electron chi connectivity index (χ0n) is 19.0. The molecule has 3 aliphatic carbocycles. The molecule has 0 aromatic heterocycles. The van der Waals surface area contributed by atoms with Crippen LogP contribution in [0.1, 0.15) is 40.7 Å². The first kappa shape index (κ1) is 23.6. The number of nitroso groups, excluding NO2 is 1. The number of Topliss-reactive ketones (excluding diaryl/α,β-unsaturated/α-hetero) is 2. The van der Waals surface area contributed by atoms with Gasteiger partial charge in [0.1, 0.15) is 22.8 Å². The number of aliphatic hydroxyl groups excluding tert-OH is 2. The van der Waals surface area contributed by atoms with E-state index in [4.69, 9.17) is 5.73 Å². The van der Waals surface area contributed by atoms with Crippen molar-refractivity contribution < 1.29 is 29.7 Å². The molecule has 1 aromatic rings. The number of aryl methyl sites for hydroxylation is 1. The minimum absolute atomic E-state index is 0.0384. The Kier molecular flexibility index (Phi) is 5.80. The first-order valence-electron chi connectivity index (χ1n) is 11.1. The van der Waals surface area contributed by atoms with Crippen molar-refractivity contribution in [1.29, 1.82) is 0 Å². The summed E-state index contributed by atoms with van der Waals surface area (Å²) in [5, 5.41) is 34.9. The molecule has 0 unspecified atom stereocenters. The summed E-state index contributed by atoms with van der Waals surface area (Å²) in [4.78, 5) is 52.5. The maximum absolute atomic E-state index is 13.5. The van der Waals surface area contributed by atoms with Crippen molar-refractivity contribution in [1.82, 2.24) is 4.90 Å². The van der Waals surface area contributed by atoms with E-state index in [1.54, 1.807) is 6.07 Å². The number of carbonyl (C=O) groups is 3. The third-order valence-corrected chi connectivity index (χ3v) is 7.24. The summed E-state index contributed by atoms with van der Waals surface area (Å²) < 4.78 is 0. The molecule has 5 N–H and O–H groups in total. The lowest BCUT2D eigenvalue weighted by Crippen LogP contribution is -2.56. The van der Waals surface area contributed by atoms with Crippen LogP contribution in [0.4, 0.5) is 0 Å². The zero-order chi connectivity index (χ0) is 24.9. The summed E-state index contributed by atoms with van der Waals surface area (Å²) >= 11 is 0. The molecule has 0 bridgehead atoms. The van der Waals surface area contributed by atoms with Crippen LogP contribution in [0.3, 0.4) is 0 Å². The molecule has 4 rings (SSSR count). The number of hydrogen-bond donors (Lipinski definition) is 4. The fraction of sp³-hybridized carbons (Fsp3) is 0.458. The van der Waals surface area contributed by atoms with Crippen molar-refractivity contribution in [3.63, 3.8) is 0 Å². The van der Waals surface area contributed by atoms with Crippen LogP contribution in [-0.4, -0.2) is 63.9 Å². The van der Waals surface area contributed by atoms with Crippen molar-refractivity contribution in [2.75, 3.05) is 20.6 Å². The zero-order valence-corrected chi connectivity index (χ0v) is 19.0. The number of carbonyl (C=O) groups excluding carboxylic acids is 3. The Balaban J connectivity index is 1.84. The highest BCUT2D eigenvalue weighted by Gasteiger charge is 2.62. The van der Waals surface area contributed by atoms with Gasteiger partial charge in [0, 0.05) is 17.9 Å². The summed E-state index contributed by atoms with van der Waals surface area (Å²) in [5.41, 5.74) is 3.47. The number of benzene rings is 1. The van der Waals surface area contributed by atoms with Crippen LogP contribution in [0, 0.1) is 16.7 Å². The second-order valence-electron chi connectivity index (χ2n) is 9.51. The van der Waals surface area contributed by atoms with Gasteiger partial charge >= 0.3 is 0 Å². The van der Waals surface area contributed by atoms with E-state index in [2.05, 4.69) is 5.18 Å². The maximum Gasteiger partial charge on any atom is 0.255 e. The number of nitrogens with zero attached hydrogens (tertiary/aromatic N) is 2. The van der Waals surface area contributed by atoms with E-state index in [1.165, 1.54) is 6.07 Å². The van der Waals surface area contributed by atoms with Gasteiger partial charge in [-0.3, -0.25) is 14.4 Å². The Bertz CT molecular complexity index is 1180. The number of phenolic OH excluding ortho intramolecular Hbond substituents is 1. The van der Waals surface area contributed by atoms with Crippen LogP contribution < -0.4 is 5.73 Å². The fourth-order valence-corrected chi connectivity index (χ4v) is 5.66. The monoisotopic (exact) mass is 469 g/mol. The van der Waals surface area contributed by atoms with Gasteiger partial charge in [-0.2, -0.15) is 0 Å². The molecular weight excluding hydrogens is 442 g/mol. The van der Waals surface area contributed by atoms with Gasteiger partial charge in [0.05, 0.1) is 5.56 Å². The van der Waals surface area contributed by atoms with Gasteiger partial charge in [-0.25, -0.2) is 0 Å². The van der Waals surface area contributed by atoms with Crippen LogP contribution in [0.25, 0.3) is 0 Å². The molecular formula is C24H27N3O7. The van der Waals surface area contributed by atoms with E-state index in [9.17, 15) is 34.6 Å². The second kappa shape index (κ2) is 8.35. The van der Waals surface area contributed by atoms with Crippen molar-refractivity contribution in [3.8, 4) is 5.75 Å². The fourth-order valence-electron chi connectivity index (χ4n) is 5.66. The summed E-state index contributed by atoms with van der Waals surface area (Å²) in [5.74, 6) is -6.27. The van der Waals surface area contributed by atoms with Crippen LogP contribution in [0.2, 0.25) is 0 Å². The number of aromatic hydroxyl groups is 1. The molecule has 34 heavy (non-hydrogen) atoms. The number of primary amides is 1. The molecule has 0 fully saturated rings. The predicted octanol–water partition coefficient (Wildman–Crippen LogP) is 1.85. The number of aliphatic hydroxyl groups is 2. The summed E-state index contributed by atoms with van der Waals surface area (Å²) in [7, 11) is 3.92. The standard InChI is InChI=1S/C24H27N3O7/c1-27(2)7-3-4-11-5-6-15(28)18-14(11)9-12-8-13-10-16(29)19(23(25)33)22(32)24(13,26-34)21(31)17(12)20(18)30/h5-6,12-13,28-29,31H,3-4,7-10H2,1-2H3,(H2,25,33)/t12-,13+,24+/m1/s1. The number of phenols is 1. The minimum Gasteiger partial charge on any atom is -0.511 e. The Morgan fingerprint density at radius 3 is 2.53 bits per heavy atom. The lowest BCUT2D eigenvalue weighted by Gasteiger charge is -2.44. The van der Waals surface area contributed by atoms with E-state index in [-0.39, 0.29) is 29.7 Å². The summed E-state index contributed by atoms with van der Waals surface area (Å²) in [6.07, 6.45) is 1.66. The van der Waals surface area contributed by atoms with Gasteiger partial charge < -0.3 is 26.0 Å². The lowest BCUT2D eigenvalue weighted by atomic mass is 9.59. The van der Waals surface area contributed by atoms with Gasteiger partial charge in [-0.05, 0) is 74.6 Å². The van der Waals surface area contributed by atoms with E-state index in [0.717, 1.165) is 18.5 Å². The SMILES string of the molecule is CN(C)CCCc1ccc(O)c2c1C[C@H]1C[C@H]3CC(O)=C(C(N)=O)C(=O)[C@@]3(N=O)C(O)=C1C2=O. The highest BCUT2D eigenvalue weighted by atomic mass is 16.3. The quantitative estimate of drug-likeness (QED) is 0.361. The van der Waals surface area contributed by atoms with Crippen LogP contribution >= 0.6 is 0 Å². The highest BCUT2D eigenvalue weighted by molar-refractivity contribution is 6.25. The largest absolute Gasteiger partial charge is 0.511 e. The Hall–Kier alpha value is -3.53. The van der Waals surface area contributed by atoms with Gasteiger partial charge in [0.15, 0.2) is 5.78 Å². The molecule has 3 atom stereocenters. The Morgan fingerprint density at radius 2 is 1.91 bits per heavy atom. The van der Waals surface area contributed by atoms with Crippen LogP contribution in [0.15, 0.2) is 40.0 Å². The molecule has 0 spiro atoms. The number of fused-ring (bicyclic) bond motifs is 3. The van der Waals surface area contributed by atoms with E-state index in [1.807, 2.05) is 19.0 Å². The van der Waals surface area contributed by atoms with Gasteiger partial charge in [-0.1, -0.05) is 6.07 Å². The third-order valence-electron chi connectivity index (χ3n) is 7.24. The Morgan fingerprint density at radius 1 is 1.21 bits per heavy atom. The molecule has 180 valence electrons. The van der Waals surface area contributed by atoms with Crippen molar-refractivity contribution in [2.45, 2.75) is 37.6 Å². The molecule has 0 radical (unpaired) electrons. The number of ketones is 2. The lowest BCUT2D eigenvalue weighted by molar-refractivity contribution is -0.127. The average molecular weight is 469 g/mol. The molecule has 0 saturated heterocycles. The van der Waals surface area contributed by atoms with E-state index in [0.29, 0.717) is 18.4 Å². The minimum atomic E-state index is -2.42. The third kappa shape index (κ3) is 3.32. The molecule has 1 amide bonds. The van der Waals surface area contributed by atoms with Gasteiger partial charge in [-0.15, -0.1) is 4.91 Å². The molecule has 10 heteroatoms. The smallest absolute Gasteiger partial charge is 0.255 e. The number of hydrogen-bond acceptors (Lipinski definition) is 9. The summed E-state index contributed by atoms with van der Waals surface area (Å²) in [6, 6.07) is 3.21. The van der Waals surface area contributed by atoms with Crippen molar-refractivity contribution in [3.05, 3.63) is 56.4 Å². The summed E-state index contributed by atoms with van der Waals surface area (Å²) in [6.45, 7) is 0.838. The molecule has 0 aliphatic heterocycles. The molecule has 0 saturated carbocycles. The van der Waals surface area contributed by atoms with Crippen molar-refractivity contribution >= 4 is 17.5 Å². The average Bonchev–Trinajstić information content (AvgIpc) is 2.74. The maximum atomic E-state index is 13.5. The molecule has 10 nitrogen and oxygen atoms in total. The second-order valence-corrected chi connectivity index (χ2v) is 9.51. The topological polar surface area (TPSA) is 171 Å². The number of rotatable bonds is 6. The first-order valence-corrected chi connectivity index (χ1v) is 11.1. The van der Waals surface area contributed by atoms with E-state index >= 15 is 0 Å². The molecule has 0 heterocycles. The number of allylic oxidation sites excluding steroid dienone is 2. The highest BCUT2D eigenvalue weighted by Crippen LogP contribution is 2.53. The predicted molar refractivity (Wildman–Crippen MR) is 121 cm³/mol. The number of nitrogens with two attached hydrogens (primary N) is 1. The first-order chi connectivity index (χ1) is 16.0. The van der Waals surface area contributed by atoms with Gasteiger partial charge in [0.2, 0.25) is 11.3 Å². The molecule has 1 aromatic carbocycles.